The fourth-order valence-electron chi connectivity index (χ4n) is 3.53. The van der Waals surface area contributed by atoms with Crippen molar-refractivity contribution in [1.82, 2.24) is 15.5 Å². The molecule has 0 saturated carbocycles. The first-order valence-electron chi connectivity index (χ1n) is 10.6. The average molecular weight is 442 g/mol. The minimum Gasteiger partial charge on any atom is -0.480 e. The molecule has 0 radical (unpaired) electrons. The first-order chi connectivity index (χ1) is 14.4. The standard InChI is InChI=1S/C20H35N5O6/c1-5-11(4)16(18(28)23-15(10(2)3)20(30)31)24-17(27)13-7-6-8-25(13)19(29)12(21)9-14(22)26/h10-13,15-16H,5-9,21H2,1-4H3,(H2,22,26)(H,23,28)(H,24,27)(H,30,31). The highest BCUT2D eigenvalue weighted by Gasteiger charge is 2.39. The molecule has 1 heterocycles. The first-order valence-corrected chi connectivity index (χ1v) is 10.6. The lowest BCUT2D eigenvalue weighted by Crippen LogP contribution is -2.58. The van der Waals surface area contributed by atoms with Gasteiger partial charge in [0.25, 0.3) is 0 Å². The Labute approximate surface area is 182 Å². The van der Waals surface area contributed by atoms with Crippen LogP contribution in [0.4, 0.5) is 0 Å². The number of nitrogens with one attached hydrogen (secondary N) is 2. The Bertz CT molecular complexity index is 698. The van der Waals surface area contributed by atoms with Crippen LogP contribution in [0.1, 0.15) is 53.4 Å². The van der Waals surface area contributed by atoms with Crippen molar-refractivity contribution in [3.05, 3.63) is 0 Å². The minimum absolute atomic E-state index is 0.270. The van der Waals surface area contributed by atoms with E-state index in [0.717, 1.165) is 0 Å². The number of carbonyl (C=O) groups excluding carboxylic acids is 4. The summed E-state index contributed by atoms with van der Waals surface area (Å²) in [6.45, 7) is 7.27. The molecule has 0 aromatic carbocycles. The highest BCUT2D eigenvalue weighted by atomic mass is 16.4. The van der Waals surface area contributed by atoms with Crippen molar-refractivity contribution in [3.8, 4) is 0 Å². The third kappa shape index (κ3) is 7.20. The normalized spacial score (nSPS) is 19.9. The fourth-order valence-corrected chi connectivity index (χ4v) is 3.53. The molecule has 5 atom stereocenters. The third-order valence-corrected chi connectivity index (χ3v) is 5.60. The lowest BCUT2D eigenvalue weighted by molar-refractivity contribution is -0.144. The van der Waals surface area contributed by atoms with Crippen LogP contribution in [0, 0.1) is 11.8 Å². The summed E-state index contributed by atoms with van der Waals surface area (Å²) in [6.07, 6.45) is 1.20. The quantitative estimate of drug-likeness (QED) is 0.270. The summed E-state index contributed by atoms with van der Waals surface area (Å²) >= 11 is 0. The Balaban J connectivity index is 2.95. The Hall–Kier alpha value is -2.69. The van der Waals surface area contributed by atoms with E-state index < -0.39 is 53.8 Å². The van der Waals surface area contributed by atoms with E-state index in [1.807, 2.05) is 6.92 Å². The maximum Gasteiger partial charge on any atom is 0.326 e. The highest BCUT2D eigenvalue weighted by Crippen LogP contribution is 2.20. The van der Waals surface area contributed by atoms with Crippen LogP contribution in [0.25, 0.3) is 0 Å². The summed E-state index contributed by atoms with van der Waals surface area (Å²) < 4.78 is 0. The van der Waals surface area contributed by atoms with E-state index in [1.165, 1.54) is 4.90 Å². The molecule has 0 aromatic rings. The van der Waals surface area contributed by atoms with Gasteiger partial charge in [0.2, 0.25) is 23.6 Å². The van der Waals surface area contributed by atoms with Crippen LogP contribution in [0.2, 0.25) is 0 Å². The van der Waals surface area contributed by atoms with Gasteiger partial charge in [0.1, 0.15) is 18.1 Å². The second kappa shape index (κ2) is 11.6. The average Bonchev–Trinajstić information content (AvgIpc) is 3.17. The molecule has 4 amide bonds. The second-order valence-corrected chi connectivity index (χ2v) is 8.41. The van der Waals surface area contributed by atoms with Crippen molar-refractivity contribution in [1.29, 1.82) is 0 Å². The van der Waals surface area contributed by atoms with Gasteiger partial charge < -0.3 is 32.1 Å². The van der Waals surface area contributed by atoms with E-state index in [1.54, 1.807) is 20.8 Å². The number of hydrogen-bond donors (Lipinski definition) is 5. The molecule has 11 heteroatoms. The van der Waals surface area contributed by atoms with Gasteiger partial charge in [0.15, 0.2) is 0 Å². The molecule has 176 valence electrons. The molecule has 0 aromatic heterocycles. The van der Waals surface area contributed by atoms with Crippen LogP contribution in [0.3, 0.4) is 0 Å². The van der Waals surface area contributed by atoms with Gasteiger partial charge in [0, 0.05) is 6.54 Å². The molecule has 1 aliphatic rings. The molecule has 7 N–H and O–H groups in total. The monoisotopic (exact) mass is 441 g/mol. The number of rotatable bonds is 11. The third-order valence-electron chi connectivity index (χ3n) is 5.60. The molecule has 1 aliphatic heterocycles. The smallest absolute Gasteiger partial charge is 0.326 e. The molecule has 1 saturated heterocycles. The Morgan fingerprint density at radius 1 is 1.10 bits per heavy atom. The van der Waals surface area contributed by atoms with Crippen LogP contribution in [-0.4, -0.2) is 70.3 Å². The Morgan fingerprint density at radius 2 is 1.71 bits per heavy atom. The summed E-state index contributed by atoms with van der Waals surface area (Å²) in [7, 11) is 0. The number of carboxylic acid groups (broad SMARTS) is 1. The number of carbonyl (C=O) groups is 5. The highest BCUT2D eigenvalue weighted by molar-refractivity contribution is 5.95. The predicted molar refractivity (Wildman–Crippen MR) is 112 cm³/mol. The van der Waals surface area contributed by atoms with E-state index in [0.29, 0.717) is 25.8 Å². The maximum absolute atomic E-state index is 13.0. The Kier molecular flexibility index (Phi) is 9.89. The topological polar surface area (TPSA) is 185 Å². The first kappa shape index (κ1) is 26.3. The molecule has 0 bridgehead atoms. The zero-order chi connectivity index (χ0) is 23.9. The van der Waals surface area contributed by atoms with E-state index in [4.69, 9.17) is 11.5 Å². The molecule has 0 aliphatic carbocycles. The summed E-state index contributed by atoms with van der Waals surface area (Å²) in [5.74, 6) is -4.15. The lowest BCUT2D eigenvalue weighted by Gasteiger charge is -2.30. The van der Waals surface area contributed by atoms with Gasteiger partial charge in [-0.2, -0.15) is 0 Å². The van der Waals surface area contributed by atoms with Gasteiger partial charge in [-0.3, -0.25) is 19.2 Å². The van der Waals surface area contributed by atoms with Crippen LogP contribution < -0.4 is 22.1 Å². The van der Waals surface area contributed by atoms with E-state index in [9.17, 15) is 29.1 Å². The largest absolute Gasteiger partial charge is 0.480 e. The van der Waals surface area contributed by atoms with Gasteiger partial charge in [-0.15, -0.1) is 0 Å². The van der Waals surface area contributed by atoms with Crippen molar-refractivity contribution in [2.75, 3.05) is 6.54 Å². The fraction of sp³-hybridized carbons (Fsp3) is 0.750. The molecule has 5 unspecified atom stereocenters. The number of carboxylic acids is 1. The van der Waals surface area contributed by atoms with Crippen molar-refractivity contribution in [3.63, 3.8) is 0 Å². The Morgan fingerprint density at radius 3 is 2.19 bits per heavy atom. The zero-order valence-electron chi connectivity index (χ0n) is 18.6. The number of primary amides is 1. The second-order valence-electron chi connectivity index (χ2n) is 8.41. The van der Waals surface area contributed by atoms with E-state index in [-0.39, 0.29) is 18.3 Å². The number of nitrogens with zero attached hydrogens (tertiary/aromatic N) is 1. The van der Waals surface area contributed by atoms with Crippen molar-refractivity contribution >= 4 is 29.6 Å². The number of amides is 4. The van der Waals surface area contributed by atoms with Crippen LogP contribution in [0.5, 0.6) is 0 Å². The van der Waals surface area contributed by atoms with Gasteiger partial charge in [-0.1, -0.05) is 34.1 Å². The van der Waals surface area contributed by atoms with Crippen molar-refractivity contribution in [2.24, 2.45) is 23.3 Å². The summed E-state index contributed by atoms with van der Waals surface area (Å²) in [6, 6.07) is -4.02. The molecule has 1 fully saturated rings. The summed E-state index contributed by atoms with van der Waals surface area (Å²) in [4.78, 5) is 62.2. The molecule has 11 nitrogen and oxygen atoms in total. The zero-order valence-corrected chi connectivity index (χ0v) is 18.6. The molecule has 0 spiro atoms. The van der Waals surface area contributed by atoms with E-state index in [2.05, 4.69) is 10.6 Å². The SMILES string of the molecule is CCC(C)C(NC(=O)C1CCCN1C(=O)C(N)CC(N)=O)C(=O)NC(C(=O)O)C(C)C. The van der Waals surface area contributed by atoms with Gasteiger partial charge >= 0.3 is 5.97 Å². The number of nitrogens with two attached hydrogens (primary N) is 2. The van der Waals surface area contributed by atoms with Crippen LogP contribution >= 0.6 is 0 Å². The summed E-state index contributed by atoms with van der Waals surface area (Å²) in [5, 5.41) is 14.5. The predicted octanol–water partition coefficient (Wildman–Crippen LogP) is -1.06. The van der Waals surface area contributed by atoms with Crippen LogP contribution in [0.15, 0.2) is 0 Å². The molecular weight excluding hydrogens is 406 g/mol. The molecule has 1 rings (SSSR count). The maximum atomic E-state index is 13.0. The van der Waals surface area contributed by atoms with E-state index >= 15 is 0 Å². The van der Waals surface area contributed by atoms with Gasteiger partial charge in [-0.05, 0) is 24.7 Å². The number of aliphatic carboxylic acids is 1. The van der Waals surface area contributed by atoms with Crippen molar-refractivity contribution < 1.29 is 29.1 Å². The lowest BCUT2D eigenvalue weighted by atomic mass is 9.96. The summed E-state index contributed by atoms with van der Waals surface area (Å²) in [5.41, 5.74) is 10.8. The van der Waals surface area contributed by atoms with Gasteiger partial charge in [-0.25, -0.2) is 4.79 Å². The number of hydrogen-bond acceptors (Lipinski definition) is 6. The van der Waals surface area contributed by atoms with Gasteiger partial charge in [0.05, 0.1) is 12.5 Å². The minimum atomic E-state index is -1.16. The van der Waals surface area contributed by atoms with Crippen LogP contribution in [-0.2, 0) is 24.0 Å². The molecular formula is C20H35N5O6. The van der Waals surface area contributed by atoms with Crippen molar-refractivity contribution in [2.45, 2.75) is 77.5 Å². The number of likely N-dealkylation sites (tertiary alicyclic amines) is 1. The molecule has 31 heavy (non-hydrogen) atoms.